The number of unbranched alkanes of at least 4 members (excludes halogenated alkanes) is 5. The number of hydrogen-bond donors (Lipinski definition) is 2. The number of allylic oxidation sites excluding steroid dienone is 4. The second-order valence-corrected chi connectivity index (χ2v) is 4.81. The highest BCUT2D eigenvalue weighted by atomic mass is 16.4. The van der Waals surface area contributed by atoms with E-state index in [1.54, 1.807) is 0 Å². The van der Waals surface area contributed by atoms with Gasteiger partial charge in [-0.25, -0.2) is 0 Å². The van der Waals surface area contributed by atoms with Gasteiger partial charge in [0.2, 0.25) is 0 Å². The van der Waals surface area contributed by atoms with Crippen molar-refractivity contribution in [1.82, 2.24) is 0 Å². The number of carboxylic acids is 2. The second-order valence-electron chi connectivity index (χ2n) is 4.81. The molecule has 0 bridgehead atoms. The zero-order valence-corrected chi connectivity index (χ0v) is 12.1. The molecule has 2 N–H and O–H groups in total. The van der Waals surface area contributed by atoms with Gasteiger partial charge in [0, 0.05) is 12.8 Å². The van der Waals surface area contributed by atoms with Crippen LogP contribution in [0.2, 0.25) is 0 Å². The molecule has 0 aliphatic rings. The van der Waals surface area contributed by atoms with Gasteiger partial charge in [0.25, 0.3) is 0 Å². The Morgan fingerprint density at radius 3 is 1.60 bits per heavy atom. The first-order valence-electron chi connectivity index (χ1n) is 7.36. The third-order valence-electron chi connectivity index (χ3n) is 2.88. The van der Waals surface area contributed by atoms with Crippen LogP contribution in [0.1, 0.15) is 64.2 Å². The number of aliphatic carboxylic acids is 2. The lowest BCUT2D eigenvalue weighted by Gasteiger charge is -1.95. The quantitative estimate of drug-likeness (QED) is 0.393. The molecule has 0 saturated heterocycles. The van der Waals surface area contributed by atoms with Crippen LogP contribution in [0.25, 0.3) is 0 Å². The maximum atomic E-state index is 10.3. The first-order chi connectivity index (χ1) is 9.63. The lowest BCUT2D eigenvalue weighted by Crippen LogP contribution is -1.93. The van der Waals surface area contributed by atoms with Crippen molar-refractivity contribution >= 4 is 11.9 Å². The molecule has 0 aliphatic carbocycles. The Labute approximate surface area is 121 Å². The largest absolute Gasteiger partial charge is 0.481 e. The Bertz CT molecular complexity index is 318. The molecule has 0 atom stereocenters. The maximum absolute atomic E-state index is 10.3. The van der Waals surface area contributed by atoms with E-state index in [2.05, 4.69) is 24.3 Å². The van der Waals surface area contributed by atoms with Crippen LogP contribution in [-0.2, 0) is 9.59 Å². The van der Waals surface area contributed by atoms with Crippen LogP contribution < -0.4 is 0 Å². The van der Waals surface area contributed by atoms with Crippen molar-refractivity contribution in [3.8, 4) is 0 Å². The molecule has 0 aliphatic heterocycles. The number of hydrogen-bond acceptors (Lipinski definition) is 2. The number of rotatable bonds is 13. The first kappa shape index (κ1) is 18.4. The zero-order chi connectivity index (χ0) is 15.1. The van der Waals surface area contributed by atoms with E-state index in [0.29, 0.717) is 0 Å². The molecule has 0 aromatic rings. The summed E-state index contributed by atoms with van der Waals surface area (Å²) in [5.41, 5.74) is 0. The number of carboxylic acid groups (broad SMARTS) is 2. The fraction of sp³-hybridized carbons (Fsp3) is 0.625. The molecule has 20 heavy (non-hydrogen) atoms. The summed E-state index contributed by atoms with van der Waals surface area (Å²) in [6.45, 7) is 0. The summed E-state index contributed by atoms with van der Waals surface area (Å²) in [7, 11) is 0. The molecular weight excluding hydrogens is 256 g/mol. The van der Waals surface area contributed by atoms with Crippen molar-refractivity contribution in [3.63, 3.8) is 0 Å². The highest BCUT2D eigenvalue weighted by Crippen LogP contribution is 2.05. The van der Waals surface area contributed by atoms with Gasteiger partial charge in [-0.15, -0.1) is 0 Å². The van der Waals surface area contributed by atoms with Gasteiger partial charge >= 0.3 is 11.9 Å². The molecule has 4 heteroatoms. The van der Waals surface area contributed by atoms with E-state index < -0.39 is 11.9 Å². The molecular formula is C16H26O4. The topological polar surface area (TPSA) is 74.6 Å². The summed E-state index contributed by atoms with van der Waals surface area (Å²) in [6, 6.07) is 0. The molecule has 0 aromatic carbocycles. The van der Waals surface area contributed by atoms with E-state index in [4.69, 9.17) is 10.2 Å². The Morgan fingerprint density at radius 1 is 0.650 bits per heavy atom. The number of carbonyl (C=O) groups is 2. The Balaban J connectivity index is 3.26. The van der Waals surface area contributed by atoms with E-state index in [-0.39, 0.29) is 12.8 Å². The van der Waals surface area contributed by atoms with Gasteiger partial charge in [-0.2, -0.15) is 0 Å². The molecule has 0 aromatic heterocycles. The van der Waals surface area contributed by atoms with Gasteiger partial charge in [-0.1, -0.05) is 30.7 Å². The summed E-state index contributed by atoms with van der Waals surface area (Å²) in [6.07, 6.45) is 16.3. The van der Waals surface area contributed by atoms with Gasteiger partial charge in [0.05, 0.1) is 0 Å². The lowest BCUT2D eigenvalue weighted by atomic mass is 10.1. The first-order valence-corrected chi connectivity index (χ1v) is 7.36. The maximum Gasteiger partial charge on any atom is 0.303 e. The SMILES string of the molecule is O=C(O)CCCC/C=C\CC=CCCCCCC(=O)O. The zero-order valence-electron chi connectivity index (χ0n) is 12.1. The minimum absolute atomic E-state index is 0.260. The molecule has 0 fully saturated rings. The van der Waals surface area contributed by atoms with Crippen LogP contribution in [-0.4, -0.2) is 22.2 Å². The summed E-state index contributed by atoms with van der Waals surface area (Å²) in [5.74, 6) is -1.44. The molecule has 0 amide bonds. The fourth-order valence-electron chi connectivity index (χ4n) is 1.76. The standard InChI is InChI=1S/C16H26O4/c17-15(18)13-11-9-7-5-3-1-2-4-6-8-10-12-14-16(19)20/h1,3-4,6H,2,5,7-14H2,(H,17,18)(H,19,20)/b3-1?,6-4-. The second kappa shape index (κ2) is 13.8. The highest BCUT2D eigenvalue weighted by molar-refractivity contribution is 5.66. The van der Waals surface area contributed by atoms with E-state index in [9.17, 15) is 9.59 Å². The summed E-state index contributed by atoms with van der Waals surface area (Å²) >= 11 is 0. The van der Waals surface area contributed by atoms with Crippen molar-refractivity contribution in [2.75, 3.05) is 0 Å². The average Bonchev–Trinajstić information content (AvgIpc) is 2.38. The van der Waals surface area contributed by atoms with E-state index >= 15 is 0 Å². The van der Waals surface area contributed by atoms with Crippen molar-refractivity contribution < 1.29 is 19.8 Å². The summed E-state index contributed by atoms with van der Waals surface area (Å²) in [4.78, 5) is 20.6. The lowest BCUT2D eigenvalue weighted by molar-refractivity contribution is -0.138. The fourth-order valence-corrected chi connectivity index (χ4v) is 1.76. The van der Waals surface area contributed by atoms with Gasteiger partial charge in [0.15, 0.2) is 0 Å². The predicted molar refractivity (Wildman–Crippen MR) is 79.7 cm³/mol. The third-order valence-corrected chi connectivity index (χ3v) is 2.88. The Morgan fingerprint density at radius 2 is 1.10 bits per heavy atom. The molecule has 0 unspecified atom stereocenters. The molecule has 4 nitrogen and oxygen atoms in total. The minimum Gasteiger partial charge on any atom is -0.481 e. The third kappa shape index (κ3) is 16.4. The van der Waals surface area contributed by atoms with Crippen LogP contribution in [0.15, 0.2) is 24.3 Å². The monoisotopic (exact) mass is 282 g/mol. The molecule has 114 valence electrons. The van der Waals surface area contributed by atoms with Gasteiger partial charge < -0.3 is 10.2 Å². The summed E-state index contributed by atoms with van der Waals surface area (Å²) in [5, 5.41) is 16.9. The minimum atomic E-state index is -0.722. The van der Waals surface area contributed by atoms with Crippen molar-refractivity contribution in [3.05, 3.63) is 24.3 Å². The summed E-state index contributed by atoms with van der Waals surface area (Å²) < 4.78 is 0. The van der Waals surface area contributed by atoms with Crippen LogP contribution in [0, 0.1) is 0 Å². The smallest absolute Gasteiger partial charge is 0.303 e. The van der Waals surface area contributed by atoms with Gasteiger partial charge in [0.1, 0.15) is 0 Å². The average molecular weight is 282 g/mol. The van der Waals surface area contributed by atoms with E-state index in [0.717, 1.165) is 51.4 Å². The normalized spacial score (nSPS) is 11.4. The van der Waals surface area contributed by atoms with E-state index in [1.165, 1.54) is 0 Å². The molecule has 0 saturated carbocycles. The van der Waals surface area contributed by atoms with Crippen molar-refractivity contribution in [1.29, 1.82) is 0 Å². The van der Waals surface area contributed by atoms with Gasteiger partial charge in [-0.3, -0.25) is 9.59 Å². The van der Waals surface area contributed by atoms with E-state index in [1.807, 2.05) is 0 Å². The van der Waals surface area contributed by atoms with Crippen molar-refractivity contribution in [2.45, 2.75) is 64.2 Å². The van der Waals surface area contributed by atoms with Crippen LogP contribution in [0.3, 0.4) is 0 Å². The Hall–Kier alpha value is -1.58. The van der Waals surface area contributed by atoms with Crippen LogP contribution in [0.4, 0.5) is 0 Å². The molecule has 0 spiro atoms. The van der Waals surface area contributed by atoms with Crippen molar-refractivity contribution in [2.24, 2.45) is 0 Å². The molecule has 0 heterocycles. The predicted octanol–water partition coefficient (Wildman–Crippen LogP) is 4.17. The molecule has 0 radical (unpaired) electrons. The van der Waals surface area contributed by atoms with Crippen LogP contribution in [0.5, 0.6) is 0 Å². The Kier molecular flexibility index (Phi) is 12.7. The van der Waals surface area contributed by atoms with Crippen LogP contribution >= 0.6 is 0 Å². The van der Waals surface area contributed by atoms with Gasteiger partial charge in [-0.05, 0) is 44.9 Å². The molecule has 0 rings (SSSR count). The highest BCUT2D eigenvalue weighted by Gasteiger charge is 1.95.